The molecule has 0 aliphatic heterocycles. The molecule has 5 heteroatoms. The van der Waals surface area contributed by atoms with Gasteiger partial charge in [-0.1, -0.05) is 77.9 Å². The van der Waals surface area contributed by atoms with Crippen molar-refractivity contribution in [1.29, 1.82) is 0 Å². The van der Waals surface area contributed by atoms with E-state index in [-0.39, 0.29) is 0 Å². The summed E-state index contributed by atoms with van der Waals surface area (Å²) in [5.74, 6) is 1.38. The molecule has 0 aliphatic rings. The van der Waals surface area contributed by atoms with Crippen LogP contribution in [0.5, 0.6) is 0 Å². The molecule has 0 saturated heterocycles. The summed E-state index contributed by atoms with van der Waals surface area (Å²) >= 11 is 6.00. The molecule has 0 fully saturated rings. The maximum atomic E-state index is 5.08. The third kappa shape index (κ3) is 9.32. The van der Waals surface area contributed by atoms with E-state index in [1.165, 1.54) is 27.6 Å². The number of para-hydroxylation sites is 2. The molecule has 0 spiro atoms. The third-order valence-corrected chi connectivity index (χ3v) is 5.03. The Kier molecular flexibility index (Phi) is 13.1. The van der Waals surface area contributed by atoms with Gasteiger partial charge in [0.1, 0.15) is 0 Å². The molecule has 0 aliphatic carbocycles. The molecule has 31 heavy (non-hydrogen) atoms. The minimum atomic E-state index is 0.456. The van der Waals surface area contributed by atoms with E-state index in [0.717, 1.165) is 29.2 Å². The molecule has 2 aromatic rings. The van der Waals surface area contributed by atoms with E-state index in [1.807, 2.05) is 0 Å². The number of aliphatic imine (C=N–C) groups is 2. The quantitative estimate of drug-likeness (QED) is 0.225. The zero-order valence-corrected chi connectivity index (χ0v) is 24.1. The Labute approximate surface area is 209 Å². The van der Waals surface area contributed by atoms with Gasteiger partial charge in [-0.25, -0.2) is 0 Å². The first-order valence-electron chi connectivity index (χ1n) is 10.7. The van der Waals surface area contributed by atoms with Gasteiger partial charge in [0.15, 0.2) is 0 Å². The van der Waals surface area contributed by atoms with Crippen molar-refractivity contribution in [3.8, 4) is 0 Å². The van der Waals surface area contributed by atoms with Gasteiger partial charge in [-0.05, 0) is 54.4 Å². The molecule has 0 atom stereocenters. The van der Waals surface area contributed by atoms with Crippen molar-refractivity contribution in [3.63, 3.8) is 0 Å². The molecule has 0 unspecified atom stereocenters. The Hall–Kier alpha value is -0.766. The second-order valence-electron chi connectivity index (χ2n) is 8.72. The van der Waals surface area contributed by atoms with Crippen LogP contribution in [0, 0.1) is 0 Å². The third-order valence-electron chi connectivity index (χ3n) is 5.03. The van der Waals surface area contributed by atoms with E-state index in [1.54, 1.807) is 0 Å². The first-order chi connectivity index (χ1) is 14.6. The van der Waals surface area contributed by atoms with Crippen LogP contribution in [0.4, 0.5) is 11.4 Å². The summed E-state index contributed by atoms with van der Waals surface area (Å²) in [6.45, 7) is 17.6. The number of hydrogen-bond acceptors (Lipinski definition) is 2. The molecule has 0 bridgehead atoms. The van der Waals surface area contributed by atoms with Crippen LogP contribution in [-0.4, -0.2) is 11.4 Å². The van der Waals surface area contributed by atoms with Crippen molar-refractivity contribution in [2.24, 2.45) is 9.98 Å². The van der Waals surface area contributed by atoms with Crippen LogP contribution in [-0.2, 0) is 10.9 Å². The van der Waals surface area contributed by atoms with Gasteiger partial charge in [0.25, 0.3) is 0 Å². The standard InChI is InChI=1S/C26H36N2.2BrH.Ni/c1-17(2)22-12-9-10-15-25(22)27-20(7)16-21(8)28-26-23(18(3)4)13-11-14-24(26)19(5)6;;;/h9-15,17-19H,16H2,1-8H3;2*1H;/q;;;+2/p-2. The van der Waals surface area contributed by atoms with Crippen molar-refractivity contribution in [1.82, 2.24) is 0 Å². The Bertz CT molecular complexity index is 860. The second-order valence-corrected chi connectivity index (χ2v) is 13.7. The molecule has 0 radical (unpaired) electrons. The summed E-state index contributed by atoms with van der Waals surface area (Å²) in [6.07, 6.45) is 0.788. The maximum absolute atomic E-state index is 5.08. The van der Waals surface area contributed by atoms with E-state index in [9.17, 15) is 0 Å². The summed E-state index contributed by atoms with van der Waals surface area (Å²) in [5, 5.41) is 0. The Morgan fingerprint density at radius 2 is 1.13 bits per heavy atom. The average molecular weight is 595 g/mol. The van der Waals surface area contributed by atoms with Crippen molar-refractivity contribution >= 4 is 51.2 Å². The minimum absolute atomic E-state index is 0.456. The zero-order chi connectivity index (χ0) is 23.6. The molecule has 2 rings (SSSR count). The van der Waals surface area contributed by atoms with Crippen molar-refractivity contribution in [2.45, 2.75) is 79.6 Å². The molecule has 0 amide bonds. The fourth-order valence-corrected chi connectivity index (χ4v) is 3.56. The number of rotatable bonds is 7. The summed E-state index contributed by atoms with van der Waals surface area (Å²) < 4.78 is 0. The van der Waals surface area contributed by atoms with Crippen LogP contribution < -0.4 is 0 Å². The molecule has 174 valence electrons. The number of hydrogen-bond donors (Lipinski definition) is 0. The Balaban J connectivity index is 0.00000151. The summed E-state index contributed by atoms with van der Waals surface area (Å²) in [5.41, 5.74) is 8.38. The number of halogens is 2. The normalized spacial score (nSPS) is 12.5. The zero-order valence-electron chi connectivity index (χ0n) is 19.9. The van der Waals surface area contributed by atoms with Crippen LogP contribution >= 0.6 is 28.5 Å². The van der Waals surface area contributed by atoms with Gasteiger partial charge in [-0.2, -0.15) is 0 Å². The van der Waals surface area contributed by atoms with Gasteiger partial charge in [0.05, 0.1) is 11.4 Å². The van der Waals surface area contributed by atoms with E-state index in [0.29, 0.717) is 17.8 Å². The first kappa shape index (κ1) is 28.3. The van der Waals surface area contributed by atoms with Crippen molar-refractivity contribution < 1.29 is 10.9 Å². The fraction of sp³-hybridized carbons (Fsp3) is 0.462. The van der Waals surface area contributed by atoms with E-state index < -0.39 is 0 Å². The van der Waals surface area contributed by atoms with Gasteiger partial charge < -0.3 is 0 Å². The molecule has 0 N–H and O–H groups in total. The van der Waals surface area contributed by atoms with Crippen molar-refractivity contribution in [3.05, 3.63) is 59.2 Å². The van der Waals surface area contributed by atoms with Crippen molar-refractivity contribution in [2.75, 3.05) is 0 Å². The molecule has 0 aromatic heterocycles. The van der Waals surface area contributed by atoms with Crippen LogP contribution in [0.1, 0.15) is 96.3 Å². The molecular weight excluding hydrogens is 559 g/mol. The topological polar surface area (TPSA) is 24.7 Å². The van der Waals surface area contributed by atoms with E-state index >= 15 is 0 Å². The Morgan fingerprint density at radius 1 is 0.710 bits per heavy atom. The molecule has 0 saturated carbocycles. The number of nitrogens with zero attached hydrogens (tertiary/aromatic N) is 2. The fourth-order valence-electron chi connectivity index (χ4n) is 3.56. The molecule has 2 aromatic carbocycles. The Morgan fingerprint density at radius 3 is 1.61 bits per heavy atom. The molecule has 0 heterocycles. The number of benzene rings is 2. The van der Waals surface area contributed by atoms with Gasteiger partial charge >= 0.3 is 39.3 Å². The van der Waals surface area contributed by atoms with Gasteiger partial charge in [0.2, 0.25) is 0 Å². The van der Waals surface area contributed by atoms with Crippen LogP contribution in [0.15, 0.2) is 52.4 Å². The molecular formula is C26H36Br2N2Ni. The van der Waals surface area contributed by atoms with Crippen LogP contribution in [0.3, 0.4) is 0 Å². The summed E-state index contributed by atoms with van der Waals surface area (Å²) in [7, 11) is 1.25. The van der Waals surface area contributed by atoms with Crippen LogP contribution in [0.2, 0.25) is 0 Å². The van der Waals surface area contributed by atoms with E-state index in [4.69, 9.17) is 9.98 Å². The summed E-state index contributed by atoms with van der Waals surface area (Å²) in [6, 6.07) is 15.0. The molecule has 2 nitrogen and oxygen atoms in total. The average Bonchev–Trinajstić information content (AvgIpc) is 2.68. The van der Waals surface area contributed by atoms with Gasteiger partial charge in [-0.3, -0.25) is 9.98 Å². The van der Waals surface area contributed by atoms with Crippen LogP contribution in [0.25, 0.3) is 0 Å². The predicted octanol–water partition coefficient (Wildman–Crippen LogP) is 10.0. The second kappa shape index (κ2) is 14.4. The SMILES string of the molecule is CC(CC(C)=Nc1c(C(C)C)cccc1C(C)C)=Nc1ccccc1C(C)C.[Br][Ni][Br]. The first-order valence-corrected chi connectivity index (χ1v) is 15.6. The van der Waals surface area contributed by atoms with Gasteiger partial charge in [0, 0.05) is 17.8 Å². The van der Waals surface area contributed by atoms with Gasteiger partial charge in [-0.15, -0.1) is 0 Å². The van der Waals surface area contributed by atoms with E-state index in [2.05, 4.69) is 126 Å². The predicted molar refractivity (Wildman–Crippen MR) is 143 cm³/mol. The summed E-state index contributed by atoms with van der Waals surface area (Å²) in [4.78, 5) is 9.99. The monoisotopic (exact) mass is 592 g/mol.